The number of benzene rings is 1. The zero-order valence-corrected chi connectivity index (χ0v) is 7.86. The molecule has 0 saturated carbocycles. The predicted octanol–water partition coefficient (Wildman–Crippen LogP) is 3.07. The van der Waals surface area contributed by atoms with Gasteiger partial charge in [0.2, 0.25) is 0 Å². The van der Waals surface area contributed by atoms with Crippen LogP contribution >= 0.6 is 0 Å². The van der Waals surface area contributed by atoms with Gasteiger partial charge in [-0.2, -0.15) is 0 Å². The van der Waals surface area contributed by atoms with Gasteiger partial charge >= 0.3 is 0 Å². The number of rotatable bonds is 4. The van der Waals surface area contributed by atoms with Crippen LogP contribution in [0.5, 0.6) is 0 Å². The number of Topliss-reactive ketones (excluding diaryl/α,β-unsaturated/α-hetero) is 1. The van der Waals surface area contributed by atoms with E-state index in [1.54, 1.807) is 0 Å². The van der Waals surface area contributed by atoms with E-state index in [0.717, 1.165) is 5.56 Å². The van der Waals surface area contributed by atoms with Crippen molar-refractivity contribution in [2.75, 3.05) is 0 Å². The Bertz CT molecular complexity index is 285. The van der Waals surface area contributed by atoms with Gasteiger partial charge in [-0.15, -0.1) is 0 Å². The lowest BCUT2D eigenvalue weighted by Crippen LogP contribution is -1.90. The number of ketones is 1. The number of allylic oxidation sites excluding steroid dienone is 1. The van der Waals surface area contributed by atoms with Gasteiger partial charge in [-0.05, 0) is 5.56 Å². The summed E-state index contributed by atoms with van der Waals surface area (Å²) < 4.78 is 0. The maximum atomic E-state index is 11.0. The third-order valence-corrected chi connectivity index (χ3v) is 1.85. The third-order valence-electron chi connectivity index (χ3n) is 1.85. The molecule has 0 aromatic heterocycles. The normalized spacial score (nSPS) is 10.5. The molecule has 0 N–H and O–H groups in total. The Morgan fingerprint density at radius 1 is 1.31 bits per heavy atom. The zero-order chi connectivity index (χ0) is 9.52. The standard InChI is InChI=1S/C12H14O/c1-2-12(13)10-6-9-11-7-4-3-5-8-11/h3-9H,2,10H2,1H3/b9-6+. The van der Waals surface area contributed by atoms with Crippen LogP contribution in [0.2, 0.25) is 0 Å². The Balaban J connectivity index is 2.45. The second-order valence-corrected chi connectivity index (χ2v) is 2.91. The van der Waals surface area contributed by atoms with Crippen LogP contribution in [0.4, 0.5) is 0 Å². The lowest BCUT2D eigenvalue weighted by Gasteiger charge is -1.91. The number of carbonyl (C=O) groups excluding carboxylic acids is 1. The van der Waals surface area contributed by atoms with Crippen LogP contribution in [0.25, 0.3) is 6.08 Å². The van der Waals surface area contributed by atoms with Crippen LogP contribution in [-0.4, -0.2) is 5.78 Å². The molecule has 0 aliphatic rings. The van der Waals surface area contributed by atoms with Crippen molar-refractivity contribution < 1.29 is 4.79 Å². The summed E-state index contributed by atoms with van der Waals surface area (Å²) in [6.45, 7) is 1.89. The van der Waals surface area contributed by atoms with Crippen molar-refractivity contribution in [2.45, 2.75) is 19.8 Å². The molecule has 1 nitrogen and oxygen atoms in total. The van der Waals surface area contributed by atoms with Crippen molar-refractivity contribution in [3.05, 3.63) is 42.0 Å². The minimum atomic E-state index is 0.284. The highest BCUT2D eigenvalue weighted by molar-refractivity contribution is 5.80. The molecule has 0 radical (unpaired) electrons. The maximum absolute atomic E-state index is 11.0. The molecule has 0 saturated heterocycles. The van der Waals surface area contributed by atoms with Gasteiger partial charge in [-0.25, -0.2) is 0 Å². The number of hydrogen-bond donors (Lipinski definition) is 0. The molecule has 0 bridgehead atoms. The van der Waals surface area contributed by atoms with Gasteiger partial charge in [0, 0.05) is 12.8 Å². The molecule has 1 rings (SSSR count). The Morgan fingerprint density at radius 3 is 2.62 bits per heavy atom. The van der Waals surface area contributed by atoms with Crippen LogP contribution in [-0.2, 0) is 4.79 Å². The zero-order valence-electron chi connectivity index (χ0n) is 7.86. The molecule has 0 unspecified atom stereocenters. The highest BCUT2D eigenvalue weighted by atomic mass is 16.1. The maximum Gasteiger partial charge on any atom is 0.136 e. The van der Waals surface area contributed by atoms with Crippen molar-refractivity contribution in [1.82, 2.24) is 0 Å². The molecule has 13 heavy (non-hydrogen) atoms. The average Bonchev–Trinajstić information content (AvgIpc) is 2.19. The van der Waals surface area contributed by atoms with E-state index in [9.17, 15) is 4.79 Å². The van der Waals surface area contributed by atoms with Crippen molar-refractivity contribution in [2.24, 2.45) is 0 Å². The minimum Gasteiger partial charge on any atom is -0.299 e. The van der Waals surface area contributed by atoms with E-state index in [-0.39, 0.29) is 5.78 Å². The first kappa shape index (κ1) is 9.72. The SMILES string of the molecule is CCC(=O)C/C=C/c1ccccc1. The highest BCUT2D eigenvalue weighted by Gasteiger charge is 1.91. The molecule has 0 spiro atoms. The van der Waals surface area contributed by atoms with E-state index in [0.29, 0.717) is 12.8 Å². The van der Waals surface area contributed by atoms with E-state index in [4.69, 9.17) is 0 Å². The Labute approximate surface area is 79.1 Å². The Kier molecular flexibility index (Phi) is 3.97. The van der Waals surface area contributed by atoms with E-state index in [2.05, 4.69) is 0 Å². The largest absolute Gasteiger partial charge is 0.299 e. The summed E-state index contributed by atoms with van der Waals surface area (Å²) in [6.07, 6.45) is 5.07. The van der Waals surface area contributed by atoms with Gasteiger partial charge in [0.05, 0.1) is 0 Å². The Hall–Kier alpha value is -1.37. The molecular weight excluding hydrogens is 160 g/mol. The molecule has 1 aromatic carbocycles. The van der Waals surface area contributed by atoms with Crippen molar-refractivity contribution in [3.8, 4) is 0 Å². The molecule has 0 fully saturated rings. The summed E-state index contributed by atoms with van der Waals surface area (Å²) in [5, 5.41) is 0. The lowest BCUT2D eigenvalue weighted by molar-refractivity contribution is -0.117. The molecule has 1 aromatic rings. The van der Waals surface area contributed by atoms with Gasteiger partial charge < -0.3 is 0 Å². The minimum absolute atomic E-state index is 0.284. The van der Waals surface area contributed by atoms with Crippen LogP contribution in [0, 0.1) is 0 Å². The topological polar surface area (TPSA) is 17.1 Å². The second kappa shape index (κ2) is 5.31. The summed E-state index contributed by atoms with van der Waals surface area (Å²) in [5.41, 5.74) is 1.14. The number of hydrogen-bond acceptors (Lipinski definition) is 1. The van der Waals surface area contributed by atoms with E-state index in [1.807, 2.05) is 49.4 Å². The molecule has 0 aliphatic carbocycles. The smallest absolute Gasteiger partial charge is 0.136 e. The fourth-order valence-corrected chi connectivity index (χ4v) is 1.03. The molecule has 68 valence electrons. The van der Waals surface area contributed by atoms with E-state index < -0.39 is 0 Å². The molecule has 1 heteroatoms. The summed E-state index contributed by atoms with van der Waals surface area (Å²) in [7, 11) is 0. The highest BCUT2D eigenvalue weighted by Crippen LogP contribution is 2.02. The van der Waals surface area contributed by atoms with Crippen molar-refractivity contribution >= 4 is 11.9 Å². The van der Waals surface area contributed by atoms with Gasteiger partial charge in [-0.1, -0.05) is 49.4 Å². The van der Waals surface area contributed by atoms with Gasteiger partial charge in [-0.3, -0.25) is 4.79 Å². The summed E-state index contributed by atoms with van der Waals surface area (Å²) in [4.78, 5) is 11.0. The van der Waals surface area contributed by atoms with E-state index in [1.165, 1.54) is 0 Å². The van der Waals surface area contributed by atoms with Crippen molar-refractivity contribution in [3.63, 3.8) is 0 Å². The average molecular weight is 174 g/mol. The fraction of sp³-hybridized carbons (Fsp3) is 0.250. The summed E-state index contributed by atoms with van der Waals surface area (Å²) in [6, 6.07) is 10.00. The quantitative estimate of drug-likeness (QED) is 0.685. The predicted molar refractivity (Wildman–Crippen MR) is 55.4 cm³/mol. The van der Waals surface area contributed by atoms with Crippen LogP contribution in [0.1, 0.15) is 25.3 Å². The van der Waals surface area contributed by atoms with Crippen LogP contribution in [0.3, 0.4) is 0 Å². The van der Waals surface area contributed by atoms with Gasteiger partial charge in [0.1, 0.15) is 5.78 Å². The fourth-order valence-electron chi connectivity index (χ4n) is 1.03. The lowest BCUT2D eigenvalue weighted by atomic mass is 10.1. The van der Waals surface area contributed by atoms with Gasteiger partial charge in [0.25, 0.3) is 0 Å². The van der Waals surface area contributed by atoms with E-state index >= 15 is 0 Å². The molecule has 0 amide bonds. The number of carbonyl (C=O) groups is 1. The first-order chi connectivity index (χ1) is 6.33. The third kappa shape index (κ3) is 3.70. The van der Waals surface area contributed by atoms with Gasteiger partial charge in [0.15, 0.2) is 0 Å². The summed E-state index contributed by atoms with van der Waals surface area (Å²) >= 11 is 0. The van der Waals surface area contributed by atoms with Crippen LogP contribution in [0.15, 0.2) is 36.4 Å². The second-order valence-electron chi connectivity index (χ2n) is 2.91. The first-order valence-electron chi connectivity index (χ1n) is 4.56. The molecular formula is C12H14O. The van der Waals surface area contributed by atoms with Crippen LogP contribution < -0.4 is 0 Å². The van der Waals surface area contributed by atoms with Crippen molar-refractivity contribution in [1.29, 1.82) is 0 Å². The molecule has 0 aliphatic heterocycles. The molecule has 0 heterocycles. The molecule has 0 atom stereocenters. The monoisotopic (exact) mass is 174 g/mol. The Morgan fingerprint density at radius 2 is 2.00 bits per heavy atom. The first-order valence-corrected chi connectivity index (χ1v) is 4.56. The summed E-state index contributed by atoms with van der Waals surface area (Å²) in [5.74, 6) is 0.284.